The van der Waals surface area contributed by atoms with Crippen molar-refractivity contribution in [3.8, 4) is 0 Å². The standard InChI is InChI=1S/C32H46N4O5/c1-5-6-7-8-9-16-21-36(30(39)26(22-27(33)37)35-31(40)41-32(2,3)4)28(25-19-14-11-15-20-25)29(38)34-23-24-17-12-10-13-18-24/h10-15,17-20,26,28H,5-9,16,21-23H2,1-4H3,(H2,33,37)(H,34,38)(H,35,40). The Morgan fingerprint density at radius 3 is 2.05 bits per heavy atom. The van der Waals surface area contributed by atoms with Crippen molar-refractivity contribution in [2.45, 2.75) is 96.9 Å². The summed E-state index contributed by atoms with van der Waals surface area (Å²) in [4.78, 5) is 54.0. The first-order valence-electron chi connectivity index (χ1n) is 14.5. The molecule has 0 aromatic heterocycles. The van der Waals surface area contributed by atoms with Crippen molar-refractivity contribution in [1.29, 1.82) is 0 Å². The van der Waals surface area contributed by atoms with Crippen LogP contribution < -0.4 is 16.4 Å². The molecule has 2 aromatic rings. The number of unbranched alkanes of at least 4 members (excludes halogenated alkanes) is 5. The van der Waals surface area contributed by atoms with Gasteiger partial charge in [0.25, 0.3) is 0 Å². The number of benzene rings is 2. The topological polar surface area (TPSA) is 131 Å². The van der Waals surface area contributed by atoms with Crippen molar-refractivity contribution in [3.05, 3.63) is 71.8 Å². The van der Waals surface area contributed by atoms with Gasteiger partial charge in [-0.2, -0.15) is 0 Å². The van der Waals surface area contributed by atoms with Crippen LogP contribution in [-0.4, -0.2) is 46.9 Å². The van der Waals surface area contributed by atoms with E-state index in [2.05, 4.69) is 17.6 Å². The molecule has 0 saturated carbocycles. The van der Waals surface area contributed by atoms with Crippen LogP contribution in [0, 0.1) is 0 Å². The lowest BCUT2D eigenvalue weighted by molar-refractivity contribution is -0.143. The minimum atomic E-state index is -1.30. The van der Waals surface area contributed by atoms with E-state index in [0.29, 0.717) is 12.0 Å². The fourth-order valence-electron chi connectivity index (χ4n) is 4.47. The van der Waals surface area contributed by atoms with E-state index in [4.69, 9.17) is 10.5 Å². The number of amides is 4. The minimum Gasteiger partial charge on any atom is -0.444 e. The molecule has 0 aliphatic rings. The molecule has 0 spiro atoms. The van der Waals surface area contributed by atoms with Crippen LogP contribution in [0.25, 0.3) is 0 Å². The van der Waals surface area contributed by atoms with Crippen LogP contribution in [0.2, 0.25) is 0 Å². The van der Waals surface area contributed by atoms with Crippen LogP contribution in [-0.2, 0) is 25.7 Å². The van der Waals surface area contributed by atoms with E-state index in [1.165, 1.54) is 4.90 Å². The van der Waals surface area contributed by atoms with E-state index in [1.54, 1.807) is 45.0 Å². The van der Waals surface area contributed by atoms with Gasteiger partial charge in [0.15, 0.2) is 0 Å². The number of nitrogens with zero attached hydrogens (tertiary/aromatic N) is 1. The highest BCUT2D eigenvalue weighted by Gasteiger charge is 2.36. The number of nitrogens with two attached hydrogens (primary N) is 1. The number of carbonyl (C=O) groups excluding carboxylic acids is 4. The van der Waals surface area contributed by atoms with Gasteiger partial charge in [0.2, 0.25) is 17.7 Å². The Morgan fingerprint density at radius 2 is 1.46 bits per heavy atom. The van der Waals surface area contributed by atoms with Crippen LogP contribution in [0.1, 0.15) is 89.8 Å². The average Bonchev–Trinajstić information content (AvgIpc) is 2.92. The molecule has 2 unspecified atom stereocenters. The fourth-order valence-corrected chi connectivity index (χ4v) is 4.47. The molecule has 0 heterocycles. The molecule has 4 amide bonds. The molecule has 224 valence electrons. The van der Waals surface area contributed by atoms with Gasteiger partial charge in [-0.25, -0.2) is 4.79 Å². The van der Waals surface area contributed by atoms with Crippen molar-refractivity contribution in [2.75, 3.05) is 6.54 Å². The second kappa shape index (κ2) is 17.0. The zero-order valence-electron chi connectivity index (χ0n) is 24.9. The van der Waals surface area contributed by atoms with Crippen LogP contribution >= 0.6 is 0 Å². The summed E-state index contributed by atoms with van der Waals surface area (Å²) in [6.07, 6.45) is 4.60. The van der Waals surface area contributed by atoms with Crippen molar-refractivity contribution >= 4 is 23.8 Å². The van der Waals surface area contributed by atoms with Gasteiger partial charge < -0.3 is 26.0 Å². The molecule has 2 rings (SSSR count). The maximum atomic E-state index is 14.1. The Labute approximate surface area is 244 Å². The first kappa shape index (κ1) is 33.3. The third-order valence-electron chi connectivity index (χ3n) is 6.41. The van der Waals surface area contributed by atoms with Crippen LogP contribution in [0.15, 0.2) is 60.7 Å². The molecule has 9 nitrogen and oxygen atoms in total. The maximum Gasteiger partial charge on any atom is 0.408 e. The molecule has 2 atom stereocenters. The van der Waals surface area contributed by atoms with Gasteiger partial charge in [-0.3, -0.25) is 14.4 Å². The Bertz CT molecular complexity index is 1100. The van der Waals surface area contributed by atoms with Crippen molar-refractivity contribution in [1.82, 2.24) is 15.5 Å². The molecule has 0 aliphatic heterocycles. The van der Waals surface area contributed by atoms with Gasteiger partial charge in [-0.05, 0) is 38.3 Å². The predicted octanol–water partition coefficient (Wildman–Crippen LogP) is 5.00. The summed E-state index contributed by atoms with van der Waals surface area (Å²) in [6, 6.07) is 16.2. The molecule has 9 heteroatoms. The molecular formula is C32H46N4O5. The van der Waals surface area contributed by atoms with Gasteiger partial charge in [0.1, 0.15) is 17.7 Å². The number of carbonyl (C=O) groups is 4. The zero-order chi connectivity index (χ0) is 30.3. The zero-order valence-corrected chi connectivity index (χ0v) is 24.9. The van der Waals surface area contributed by atoms with Crippen LogP contribution in [0.5, 0.6) is 0 Å². The molecule has 2 aromatic carbocycles. The monoisotopic (exact) mass is 566 g/mol. The third-order valence-corrected chi connectivity index (χ3v) is 6.41. The fraction of sp³-hybridized carbons (Fsp3) is 0.500. The SMILES string of the molecule is CCCCCCCCN(C(=O)C(CC(N)=O)NC(=O)OC(C)(C)C)C(C(=O)NCc1ccccc1)c1ccccc1. The highest BCUT2D eigenvalue weighted by atomic mass is 16.6. The van der Waals surface area contributed by atoms with Crippen molar-refractivity contribution < 1.29 is 23.9 Å². The summed E-state index contributed by atoms with van der Waals surface area (Å²) in [5.74, 6) is -1.70. The highest BCUT2D eigenvalue weighted by Crippen LogP contribution is 2.24. The summed E-state index contributed by atoms with van der Waals surface area (Å²) in [6.45, 7) is 7.79. The molecule has 4 N–H and O–H groups in total. The Kier molecular flexibility index (Phi) is 13.9. The van der Waals surface area contributed by atoms with Gasteiger partial charge >= 0.3 is 6.09 Å². The lowest BCUT2D eigenvalue weighted by Gasteiger charge is -2.34. The smallest absolute Gasteiger partial charge is 0.408 e. The normalized spacial score (nSPS) is 12.6. The summed E-state index contributed by atoms with van der Waals surface area (Å²) >= 11 is 0. The predicted molar refractivity (Wildman–Crippen MR) is 160 cm³/mol. The van der Waals surface area contributed by atoms with Gasteiger partial charge in [0, 0.05) is 13.1 Å². The Hall–Kier alpha value is -3.88. The molecule has 0 saturated heterocycles. The second-order valence-electron chi connectivity index (χ2n) is 11.2. The summed E-state index contributed by atoms with van der Waals surface area (Å²) < 4.78 is 5.34. The number of hydrogen-bond acceptors (Lipinski definition) is 5. The van der Waals surface area contributed by atoms with Crippen LogP contribution in [0.3, 0.4) is 0 Å². The summed E-state index contributed by atoms with van der Waals surface area (Å²) in [5, 5.41) is 5.49. The van der Waals surface area contributed by atoms with E-state index in [0.717, 1.165) is 37.7 Å². The average molecular weight is 567 g/mol. The maximum absolute atomic E-state index is 14.1. The largest absolute Gasteiger partial charge is 0.444 e. The van der Waals surface area contributed by atoms with Gasteiger partial charge in [0.05, 0.1) is 6.42 Å². The lowest BCUT2D eigenvalue weighted by Crippen LogP contribution is -2.54. The van der Waals surface area contributed by atoms with E-state index in [-0.39, 0.29) is 19.0 Å². The van der Waals surface area contributed by atoms with E-state index in [1.807, 2.05) is 36.4 Å². The quantitative estimate of drug-likeness (QED) is 0.246. The molecule has 0 aliphatic carbocycles. The number of primary amides is 1. The first-order chi connectivity index (χ1) is 19.5. The summed E-state index contributed by atoms with van der Waals surface area (Å²) in [7, 11) is 0. The van der Waals surface area contributed by atoms with Gasteiger partial charge in [-0.15, -0.1) is 0 Å². The number of ether oxygens (including phenoxy) is 1. The van der Waals surface area contributed by atoms with Gasteiger partial charge in [-0.1, -0.05) is 99.7 Å². The Morgan fingerprint density at radius 1 is 0.878 bits per heavy atom. The second-order valence-corrected chi connectivity index (χ2v) is 11.2. The van der Waals surface area contributed by atoms with Crippen LogP contribution in [0.4, 0.5) is 4.79 Å². The number of alkyl carbamates (subject to hydrolysis) is 1. The van der Waals surface area contributed by atoms with Crippen molar-refractivity contribution in [2.24, 2.45) is 5.73 Å². The lowest BCUT2D eigenvalue weighted by atomic mass is 10.0. The number of hydrogen-bond donors (Lipinski definition) is 3. The molecular weight excluding hydrogens is 520 g/mol. The molecule has 0 radical (unpaired) electrons. The molecule has 0 bridgehead atoms. The number of nitrogens with one attached hydrogen (secondary N) is 2. The minimum absolute atomic E-state index is 0.258. The van der Waals surface area contributed by atoms with E-state index in [9.17, 15) is 19.2 Å². The molecule has 41 heavy (non-hydrogen) atoms. The molecule has 0 fully saturated rings. The van der Waals surface area contributed by atoms with Crippen molar-refractivity contribution in [3.63, 3.8) is 0 Å². The number of rotatable bonds is 16. The van der Waals surface area contributed by atoms with E-state index < -0.39 is 42.0 Å². The summed E-state index contributed by atoms with van der Waals surface area (Å²) in [5.41, 5.74) is 6.20. The Balaban J connectivity index is 2.40. The third kappa shape index (κ3) is 12.4. The highest BCUT2D eigenvalue weighted by molar-refractivity contribution is 5.94. The van der Waals surface area contributed by atoms with E-state index >= 15 is 0 Å². The first-order valence-corrected chi connectivity index (χ1v) is 14.5.